The van der Waals surface area contributed by atoms with Gasteiger partial charge in [0.2, 0.25) is 0 Å². The summed E-state index contributed by atoms with van der Waals surface area (Å²) >= 11 is 0. The molecule has 0 atom stereocenters. The zero-order valence-corrected chi connectivity index (χ0v) is 9.11. The minimum Gasteiger partial charge on any atom is -0.465 e. The molecule has 0 amide bonds. The van der Waals surface area contributed by atoms with Crippen LogP contribution in [0.2, 0.25) is 0 Å². The summed E-state index contributed by atoms with van der Waals surface area (Å²) in [6.07, 6.45) is 1.66. The maximum atomic E-state index is 11.1. The van der Waals surface area contributed by atoms with Crippen molar-refractivity contribution in [3.05, 3.63) is 41.7 Å². The van der Waals surface area contributed by atoms with Crippen LogP contribution in [0.1, 0.15) is 24.2 Å². The van der Waals surface area contributed by atoms with Gasteiger partial charge in [0, 0.05) is 0 Å². The van der Waals surface area contributed by atoms with E-state index in [9.17, 15) is 4.79 Å². The summed E-state index contributed by atoms with van der Waals surface area (Å²) < 4.78 is 9.90. The van der Waals surface area contributed by atoms with E-state index >= 15 is 0 Å². The number of carbonyl (C=O) groups excluding carboxylic acids is 1. The molecule has 0 saturated heterocycles. The maximum Gasteiger partial charge on any atom is 0.337 e. The molecule has 1 rings (SSSR count). The van der Waals surface area contributed by atoms with Crippen LogP contribution in [0.4, 0.5) is 0 Å². The number of methoxy groups -OCH3 is 1. The minimum absolute atomic E-state index is 0.344. The first kappa shape index (κ1) is 11.3. The third kappa shape index (κ3) is 3.46. The second-order valence-electron chi connectivity index (χ2n) is 3.33. The quantitative estimate of drug-likeness (QED) is 0.563. The Balaban J connectivity index is 2.72. The molecule has 1 aromatic carbocycles. The number of ether oxygens (including phenoxy) is 2. The molecule has 0 unspecified atom stereocenters. The fraction of sp³-hybridized carbons (Fsp3) is 0.250. The summed E-state index contributed by atoms with van der Waals surface area (Å²) in [5, 5.41) is 0. The Bertz CT molecular complexity index is 359. The van der Waals surface area contributed by atoms with Gasteiger partial charge in [-0.15, -0.1) is 0 Å². The second kappa shape index (κ2) is 5.20. The highest BCUT2D eigenvalue weighted by Crippen LogP contribution is 2.13. The first-order valence-electron chi connectivity index (χ1n) is 4.62. The number of allylic oxidation sites excluding steroid dienone is 1. The molecular formula is C12H14O3. The lowest BCUT2D eigenvalue weighted by Gasteiger charge is -2.02. The van der Waals surface area contributed by atoms with Crippen LogP contribution in [-0.2, 0) is 4.74 Å². The standard InChI is InChI=1S/C12H14O3/c1-9(2)8-15-11-6-4-10(5-7-11)12(13)14-3/h4-8H,1-3H3. The Morgan fingerprint density at radius 1 is 1.20 bits per heavy atom. The molecule has 0 aromatic heterocycles. The number of hydrogen-bond acceptors (Lipinski definition) is 3. The van der Waals surface area contributed by atoms with E-state index in [0.29, 0.717) is 11.3 Å². The smallest absolute Gasteiger partial charge is 0.337 e. The molecule has 0 spiro atoms. The molecule has 0 N–H and O–H groups in total. The number of rotatable bonds is 3. The summed E-state index contributed by atoms with van der Waals surface area (Å²) in [6.45, 7) is 3.89. The molecular weight excluding hydrogens is 192 g/mol. The van der Waals surface area contributed by atoms with Crippen molar-refractivity contribution in [2.24, 2.45) is 0 Å². The summed E-state index contributed by atoms with van der Waals surface area (Å²) in [5.74, 6) is 0.354. The number of esters is 1. The molecule has 3 nitrogen and oxygen atoms in total. The average molecular weight is 206 g/mol. The van der Waals surface area contributed by atoms with Gasteiger partial charge in [0.25, 0.3) is 0 Å². The molecule has 0 radical (unpaired) electrons. The van der Waals surface area contributed by atoms with Crippen LogP contribution in [0, 0.1) is 0 Å². The lowest BCUT2D eigenvalue weighted by atomic mass is 10.2. The zero-order valence-electron chi connectivity index (χ0n) is 9.11. The SMILES string of the molecule is COC(=O)c1ccc(OC=C(C)C)cc1. The van der Waals surface area contributed by atoms with Gasteiger partial charge in [0.15, 0.2) is 0 Å². The summed E-state index contributed by atoms with van der Waals surface area (Å²) in [7, 11) is 1.36. The van der Waals surface area contributed by atoms with E-state index in [1.54, 1.807) is 30.5 Å². The highest BCUT2D eigenvalue weighted by atomic mass is 16.5. The highest BCUT2D eigenvalue weighted by molar-refractivity contribution is 5.89. The van der Waals surface area contributed by atoms with Gasteiger partial charge >= 0.3 is 5.97 Å². The average Bonchev–Trinajstić information content (AvgIpc) is 2.26. The Hall–Kier alpha value is -1.77. The monoisotopic (exact) mass is 206 g/mol. The Morgan fingerprint density at radius 2 is 1.80 bits per heavy atom. The van der Waals surface area contributed by atoms with Gasteiger partial charge in [0.05, 0.1) is 18.9 Å². The van der Waals surface area contributed by atoms with E-state index in [0.717, 1.165) is 5.57 Å². The largest absolute Gasteiger partial charge is 0.465 e. The van der Waals surface area contributed by atoms with E-state index in [2.05, 4.69) is 4.74 Å². The van der Waals surface area contributed by atoms with Crippen molar-refractivity contribution in [2.45, 2.75) is 13.8 Å². The Morgan fingerprint density at radius 3 is 2.27 bits per heavy atom. The molecule has 15 heavy (non-hydrogen) atoms. The van der Waals surface area contributed by atoms with Crippen LogP contribution in [0.5, 0.6) is 5.75 Å². The fourth-order valence-corrected chi connectivity index (χ4v) is 0.973. The third-order valence-corrected chi connectivity index (χ3v) is 1.71. The zero-order chi connectivity index (χ0) is 11.3. The number of carbonyl (C=O) groups is 1. The van der Waals surface area contributed by atoms with E-state index < -0.39 is 0 Å². The van der Waals surface area contributed by atoms with Gasteiger partial charge in [-0.2, -0.15) is 0 Å². The van der Waals surface area contributed by atoms with E-state index in [-0.39, 0.29) is 5.97 Å². The van der Waals surface area contributed by atoms with Gasteiger partial charge in [-0.25, -0.2) is 4.79 Å². The summed E-state index contributed by atoms with van der Waals surface area (Å²) in [6, 6.07) is 6.79. The van der Waals surface area contributed by atoms with Crippen molar-refractivity contribution in [2.75, 3.05) is 7.11 Å². The second-order valence-corrected chi connectivity index (χ2v) is 3.33. The molecule has 0 aliphatic heterocycles. The minimum atomic E-state index is -0.344. The molecule has 0 bridgehead atoms. The van der Waals surface area contributed by atoms with Gasteiger partial charge in [0.1, 0.15) is 5.75 Å². The van der Waals surface area contributed by atoms with E-state index in [1.807, 2.05) is 13.8 Å². The third-order valence-electron chi connectivity index (χ3n) is 1.71. The van der Waals surface area contributed by atoms with E-state index in [1.165, 1.54) is 7.11 Å². The van der Waals surface area contributed by atoms with Crippen LogP contribution in [-0.4, -0.2) is 13.1 Å². The lowest BCUT2D eigenvalue weighted by Crippen LogP contribution is -2.00. The van der Waals surface area contributed by atoms with Crippen molar-refractivity contribution in [3.8, 4) is 5.75 Å². The van der Waals surface area contributed by atoms with Crippen LogP contribution in [0.15, 0.2) is 36.1 Å². The molecule has 0 heterocycles. The van der Waals surface area contributed by atoms with Gasteiger partial charge < -0.3 is 9.47 Å². The van der Waals surface area contributed by atoms with Crippen molar-refractivity contribution in [3.63, 3.8) is 0 Å². The molecule has 80 valence electrons. The predicted octanol–water partition coefficient (Wildman–Crippen LogP) is 2.78. The summed E-state index contributed by atoms with van der Waals surface area (Å²) in [5.41, 5.74) is 1.59. The molecule has 0 aliphatic rings. The van der Waals surface area contributed by atoms with Crippen LogP contribution in [0.3, 0.4) is 0 Å². The molecule has 1 aromatic rings. The van der Waals surface area contributed by atoms with Crippen LogP contribution < -0.4 is 4.74 Å². The molecule has 0 fully saturated rings. The fourth-order valence-electron chi connectivity index (χ4n) is 0.973. The maximum absolute atomic E-state index is 11.1. The highest BCUT2D eigenvalue weighted by Gasteiger charge is 2.03. The normalized spacial score (nSPS) is 9.27. The van der Waals surface area contributed by atoms with Gasteiger partial charge in [-0.1, -0.05) is 0 Å². The molecule has 3 heteroatoms. The van der Waals surface area contributed by atoms with Crippen molar-refractivity contribution in [1.29, 1.82) is 0 Å². The molecule has 0 saturated carbocycles. The number of benzene rings is 1. The first-order chi connectivity index (χ1) is 7.13. The first-order valence-corrected chi connectivity index (χ1v) is 4.62. The van der Waals surface area contributed by atoms with Crippen LogP contribution >= 0.6 is 0 Å². The predicted molar refractivity (Wildman–Crippen MR) is 57.8 cm³/mol. The van der Waals surface area contributed by atoms with Crippen LogP contribution in [0.25, 0.3) is 0 Å². The van der Waals surface area contributed by atoms with Crippen molar-refractivity contribution >= 4 is 5.97 Å². The van der Waals surface area contributed by atoms with Crippen molar-refractivity contribution < 1.29 is 14.3 Å². The molecule has 0 aliphatic carbocycles. The van der Waals surface area contributed by atoms with Gasteiger partial charge in [-0.3, -0.25) is 0 Å². The Labute approximate surface area is 89.3 Å². The van der Waals surface area contributed by atoms with Crippen molar-refractivity contribution in [1.82, 2.24) is 0 Å². The van der Waals surface area contributed by atoms with Gasteiger partial charge in [-0.05, 0) is 43.7 Å². The Kier molecular flexibility index (Phi) is 3.92. The summed E-state index contributed by atoms with van der Waals surface area (Å²) in [4.78, 5) is 11.1. The van der Waals surface area contributed by atoms with E-state index in [4.69, 9.17) is 4.74 Å². The topological polar surface area (TPSA) is 35.5 Å². The lowest BCUT2D eigenvalue weighted by molar-refractivity contribution is 0.0600. The number of hydrogen-bond donors (Lipinski definition) is 0.